The van der Waals surface area contributed by atoms with Crippen molar-refractivity contribution >= 4 is 23.0 Å². The summed E-state index contributed by atoms with van der Waals surface area (Å²) in [5.41, 5.74) is -1.14. The van der Waals surface area contributed by atoms with Gasteiger partial charge in [0.1, 0.15) is 6.42 Å². The quantitative estimate of drug-likeness (QED) is 0.631. The van der Waals surface area contributed by atoms with Crippen molar-refractivity contribution in [1.82, 2.24) is 0 Å². The van der Waals surface area contributed by atoms with Gasteiger partial charge in [0, 0.05) is 12.1 Å². The van der Waals surface area contributed by atoms with E-state index in [9.17, 15) is 25.0 Å². The molecule has 1 rings (SSSR count). The number of benzene rings is 1. The molecule has 0 fully saturated rings. The number of carbonyl (C=O) groups is 1. The molecular weight excluding hydrogens is 244 g/mol. The zero-order valence-electron chi connectivity index (χ0n) is 8.82. The van der Waals surface area contributed by atoms with Gasteiger partial charge in [-0.05, 0) is 0 Å². The summed E-state index contributed by atoms with van der Waals surface area (Å²) in [6, 6.07) is 4.31. The Bertz CT molecular complexity index is 530. The Kier molecular flexibility index (Phi) is 3.88. The fourth-order valence-electron chi connectivity index (χ4n) is 1.16. The Hall–Kier alpha value is -3.02. The average Bonchev–Trinajstić information content (AvgIpc) is 2.28. The Morgan fingerprint density at radius 1 is 1.22 bits per heavy atom. The summed E-state index contributed by atoms with van der Waals surface area (Å²) in [5.74, 6) is -0.702. The molecule has 0 aliphatic heterocycles. The van der Waals surface area contributed by atoms with E-state index in [1.54, 1.807) is 6.07 Å². The number of nitrogens with zero attached hydrogens (tertiary/aromatic N) is 3. The van der Waals surface area contributed by atoms with Gasteiger partial charge in [-0.25, -0.2) is 0 Å². The molecule has 0 heterocycles. The molecular formula is C9H6N4O5. The average molecular weight is 250 g/mol. The molecule has 1 amide bonds. The molecule has 0 unspecified atom stereocenters. The number of nitro benzene ring substituents is 2. The zero-order chi connectivity index (χ0) is 13.7. The third kappa shape index (κ3) is 3.24. The van der Waals surface area contributed by atoms with Gasteiger partial charge in [-0.1, -0.05) is 0 Å². The SMILES string of the molecule is N#CCC(=O)Nc1cc([N+](=O)[O-])cc([N+](=O)[O-])c1. The van der Waals surface area contributed by atoms with Crippen molar-refractivity contribution in [2.75, 3.05) is 5.32 Å². The lowest BCUT2D eigenvalue weighted by Crippen LogP contribution is -2.10. The highest BCUT2D eigenvalue weighted by Gasteiger charge is 2.17. The number of hydrogen-bond acceptors (Lipinski definition) is 6. The van der Waals surface area contributed by atoms with E-state index in [0.717, 1.165) is 18.2 Å². The molecule has 0 aliphatic carbocycles. The first-order chi connectivity index (χ1) is 8.43. The van der Waals surface area contributed by atoms with Crippen LogP contribution in [0.5, 0.6) is 0 Å². The van der Waals surface area contributed by atoms with Gasteiger partial charge < -0.3 is 5.32 Å². The van der Waals surface area contributed by atoms with Crippen LogP contribution >= 0.6 is 0 Å². The van der Waals surface area contributed by atoms with Crippen molar-refractivity contribution in [3.05, 3.63) is 38.4 Å². The van der Waals surface area contributed by atoms with Gasteiger partial charge in [0.2, 0.25) is 5.91 Å². The number of carbonyl (C=O) groups excluding carboxylic acids is 1. The van der Waals surface area contributed by atoms with Crippen LogP contribution in [0.25, 0.3) is 0 Å². The largest absolute Gasteiger partial charge is 0.325 e. The maximum absolute atomic E-state index is 11.1. The number of hydrogen-bond donors (Lipinski definition) is 1. The summed E-state index contributed by atoms with van der Waals surface area (Å²) in [7, 11) is 0. The van der Waals surface area contributed by atoms with Crippen LogP contribution in [-0.4, -0.2) is 15.8 Å². The van der Waals surface area contributed by atoms with E-state index in [1.165, 1.54) is 0 Å². The number of amides is 1. The monoisotopic (exact) mass is 250 g/mol. The second-order valence-electron chi connectivity index (χ2n) is 3.14. The molecule has 1 N–H and O–H groups in total. The minimum atomic E-state index is -0.813. The Morgan fingerprint density at radius 2 is 1.72 bits per heavy atom. The van der Waals surface area contributed by atoms with E-state index >= 15 is 0 Å². The van der Waals surface area contributed by atoms with Crippen LogP contribution < -0.4 is 5.32 Å². The Morgan fingerprint density at radius 3 is 2.11 bits per heavy atom. The summed E-state index contributed by atoms with van der Waals surface area (Å²) < 4.78 is 0. The molecule has 0 bridgehead atoms. The topological polar surface area (TPSA) is 139 Å². The van der Waals surface area contributed by atoms with E-state index in [-0.39, 0.29) is 5.69 Å². The van der Waals surface area contributed by atoms with Crippen LogP contribution in [0.15, 0.2) is 18.2 Å². The van der Waals surface area contributed by atoms with E-state index in [2.05, 4.69) is 5.32 Å². The van der Waals surface area contributed by atoms with Crippen LogP contribution in [0.1, 0.15) is 6.42 Å². The normalized spacial score (nSPS) is 9.28. The molecule has 9 heteroatoms. The summed E-state index contributed by atoms with van der Waals surface area (Å²) in [5, 5.41) is 31.6. The van der Waals surface area contributed by atoms with Crippen molar-refractivity contribution in [1.29, 1.82) is 5.26 Å². The number of non-ortho nitro benzene ring substituents is 2. The second kappa shape index (κ2) is 5.35. The van der Waals surface area contributed by atoms with Crippen molar-refractivity contribution in [2.24, 2.45) is 0 Å². The minimum absolute atomic E-state index is 0.101. The van der Waals surface area contributed by atoms with Crippen molar-refractivity contribution < 1.29 is 14.6 Å². The number of nitrogens with one attached hydrogen (secondary N) is 1. The lowest BCUT2D eigenvalue weighted by atomic mass is 10.2. The number of nitriles is 1. The van der Waals surface area contributed by atoms with Crippen LogP contribution in [-0.2, 0) is 4.79 Å². The van der Waals surface area contributed by atoms with Gasteiger partial charge in [0.15, 0.2) is 0 Å². The van der Waals surface area contributed by atoms with Gasteiger partial charge in [-0.3, -0.25) is 25.0 Å². The predicted molar refractivity (Wildman–Crippen MR) is 58.6 cm³/mol. The molecule has 0 saturated heterocycles. The molecule has 18 heavy (non-hydrogen) atoms. The van der Waals surface area contributed by atoms with Gasteiger partial charge in [0.25, 0.3) is 11.4 Å². The Balaban J connectivity index is 3.12. The number of nitro groups is 2. The van der Waals surface area contributed by atoms with Gasteiger partial charge in [0.05, 0.1) is 27.7 Å². The Labute approximate surface area is 99.9 Å². The van der Waals surface area contributed by atoms with Crippen LogP contribution in [0, 0.1) is 31.6 Å². The van der Waals surface area contributed by atoms with Crippen molar-refractivity contribution in [2.45, 2.75) is 6.42 Å². The second-order valence-corrected chi connectivity index (χ2v) is 3.14. The lowest BCUT2D eigenvalue weighted by Gasteiger charge is -2.02. The molecule has 1 aromatic rings. The van der Waals surface area contributed by atoms with E-state index in [0.29, 0.717) is 0 Å². The highest BCUT2D eigenvalue weighted by molar-refractivity contribution is 5.92. The van der Waals surface area contributed by atoms with Crippen LogP contribution in [0.2, 0.25) is 0 Å². The maximum atomic E-state index is 11.1. The third-order valence-corrected chi connectivity index (χ3v) is 1.85. The first-order valence-corrected chi connectivity index (χ1v) is 4.54. The molecule has 0 radical (unpaired) electrons. The molecule has 1 aromatic carbocycles. The van der Waals surface area contributed by atoms with E-state index in [1.807, 2.05) is 0 Å². The maximum Gasteiger partial charge on any atom is 0.278 e. The molecule has 0 spiro atoms. The summed E-state index contributed by atoms with van der Waals surface area (Å²) in [6.07, 6.45) is -0.448. The highest BCUT2D eigenvalue weighted by Crippen LogP contribution is 2.25. The van der Waals surface area contributed by atoms with Crippen molar-refractivity contribution in [3.8, 4) is 6.07 Å². The minimum Gasteiger partial charge on any atom is -0.325 e. The van der Waals surface area contributed by atoms with E-state index < -0.39 is 33.5 Å². The fraction of sp³-hybridized carbons (Fsp3) is 0.111. The summed E-state index contributed by atoms with van der Waals surface area (Å²) >= 11 is 0. The van der Waals surface area contributed by atoms with E-state index in [4.69, 9.17) is 5.26 Å². The summed E-state index contributed by atoms with van der Waals surface area (Å²) in [6.45, 7) is 0. The number of anilines is 1. The fourth-order valence-corrected chi connectivity index (χ4v) is 1.16. The first-order valence-electron chi connectivity index (χ1n) is 4.54. The lowest BCUT2D eigenvalue weighted by molar-refractivity contribution is -0.394. The van der Waals surface area contributed by atoms with Gasteiger partial charge in [-0.2, -0.15) is 5.26 Å². The molecule has 0 saturated carbocycles. The third-order valence-electron chi connectivity index (χ3n) is 1.85. The standard InChI is InChI=1S/C9H6N4O5/c10-2-1-9(14)11-6-3-7(12(15)16)5-8(4-6)13(17)18/h3-5H,1H2,(H,11,14). The number of rotatable bonds is 4. The predicted octanol–water partition coefficient (Wildman–Crippen LogP) is 1.36. The van der Waals surface area contributed by atoms with Crippen LogP contribution in [0.4, 0.5) is 17.1 Å². The molecule has 0 aromatic heterocycles. The molecule has 0 aliphatic rings. The molecule has 0 atom stereocenters. The smallest absolute Gasteiger partial charge is 0.278 e. The van der Waals surface area contributed by atoms with Gasteiger partial charge >= 0.3 is 0 Å². The zero-order valence-corrected chi connectivity index (χ0v) is 8.82. The first kappa shape index (κ1) is 13.0. The molecule has 9 nitrogen and oxygen atoms in total. The highest BCUT2D eigenvalue weighted by atomic mass is 16.6. The molecule has 92 valence electrons. The van der Waals surface area contributed by atoms with Crippen LogP contribution in [0.3, 0.4) is 0 Å². The van der Waals surface area contributed by atoms with Gasteiger partial charge in [-0.15, -0.1) is 0 Å². The van der Waals surface area contributed by atoms with Crippen molar-refractivity contribution in [3.63, 3.8) is 0 Å². The summed E-state index contributed by atoms with van der Waals surface area (Å²) in [4.78, 5) is 30.6.